The van der Waals surface area contributed by atoms with Crippen LogP contribution in [0.4, 0.5) is 0 Å². The highest BCUT2D eigenvalue weighted by molar-refractivity contribution is 7.15. The van der Waals surface area contributed by atoms with E-state index in [1.54, 1.807) is 0 Å². The van der Waals surface area contributed by atoms with Crippen molar-refractivity contribution in [2.75, 3.05) is 33.0 Å². The van der Waals surface area contributed by atoms with Gasteiger partial charge in [0.2, 0.25) is 0 Å². The molecule has 0 aliphatic carbocycles. The molecule has 0 aromatic carbocycles. The summed E-state index contributed by atoms with van der Waals surface area (Å²) in [6.07, 6.45) is 2.60. The summed E-state index contributed by atoms with van der Waals surface area (Å²) in [4.78, 5) is 0. The molecule has 2 saturated heterocycles. The maximum atomic E-state index is 5.34. The van der Waals surface area contributed by atoms with Crippen molar-refractivity contribution in [2.45, 2.75) is 12.8 Å². The minimum Gasteiger partial charge on any atom is -0.381 e. The van der Waals surface area contributed by atoms with Crippen molar-refractivity contribution in [3.05, 3.63) is 0 Å². The molecule has 2 nitrogen and oxygen atoms in total. The van der Waals surface area contributed by atoms with Gasteiger partial charge in [-0.05, 0) is 19.4 Å². The molecule has 2 unspecified atom stereocenters. The van der Waals surface area contributed by atoms with Gasteiger partial charge in [-0.3, -0.25) is 0 Å². The van der Waals surface area contributed by atoms with Crippen molar-refractivity contribution >= 4 is 9.24 Å². The first-order chi connectivity index (χ1) is 5.41. The van der Waals surface area contributed by atoms with Crippen LogP contribution in [-0.4, -0.2) is 33.0 Å². The average molecular weight is 175 g/mol. The maximum absolute atomic E-state index is 5.34. The molecular formula is C8H18NOP. The second-order valence-corrected chi connectivity index (χ2v) is 3.23. The van der Waals surface area contributed by atoms with Crippen LogP contribution in [-0.2, 0) is 4.74 Å². The molecule has 2 fully saturated rings. The van der Waals surface area contributed by atoms with Crippen molar-refractivity contribution < 1.29 is 4.74 Å². The number of hydrogen-bond donors (Lipinski definition) is 1. The van der Waals surface area contributed by atoms with Crippen LogP contribution < -0.4 is 5.32 Å². The third-order valence-corrected chi connectivity index (χ3v) is 2.52. The molecule has 66 valence electrons. The summed E-state index contributed by atoms with van der Waals surface area (Å²) < 4.78 is 5.34. The molecular weight excluding hydrogens is 157 g/mol. The zero-order valence-electron chi connectivity index (χ0n) is 7.23. The molecule has 0 radical (unpaired) electrons. The predicted molar refractivity (Wildman–Crippen MR) is 51.0 cm³/mol. The van der Waals surface area contributed by atoms with Crippen LogP contribution in [0.2, 0.25) is 0 Å². The highest BCUT2D eigenvalue weighted by Crippen LogP contribution is 2.33. The lowest BCUT2D eigenvalue weighted by Gasteiger charge is -2.17. The molecule has 1 N–H and O–H groups in total. The van der Waals surface area contributed by atoms with Crippen molar-refractivity contribution in [1.29, 1.82) is 0 Å². The molecule has 0 aromatic rings. The smallest absolute Gasteiger partial charge is 0.0535 e. The average Bonchev–Trinajstić information content (AvgIpc) is 2.69. The van der Waals surface area contributed by atoms with Crippen LogP contribution in [0.5, 0.6) is 0 Å². The highest BCUT2D eigenvalue weighted by Gasteiger charge is 2.37. The highest BCUT2D eigenvalue weighted by atomic mass is 31.0. The van der Waals surface area contributed by atoms with Crippen LogP contribution in [0.3, 0.4) is 0 Å². The van der Waals surface area contributed by atoms with Gasteiger partial charge in [0.1, 0.15) is 0 Å². The zero-order valence-corrected chi connectivity index (χ0v) is 8.38. The quantitative estimate of drug-likeness (QED) is 0.552. The van der Waals surface area contributed by atoms with Gasteiger partial charge >= 0.3 is 0 Å². The topological polar surface area (TPSA) is 21.3 Å². The molecule has 2 heterocycles. The van der Waals surface area contributed by atoms with E-state index in [1.165, 1.54) is 25.9 Å². The van der Waals surface area contributed by atoms with Gasteiger partial charge in [0, 0.05) is 18.6 Å². The van der Waals surface area contributed by atoms with Gasteiger partial charge in [0.05, 0.1) is 6.61 Å². The van der Waals surface area contributed by atoms with Gasteiger partial charge in [0.25, 0.3) is 0 Å². The van der Waals surface area contributed by atoms with Gasteiger partial charge in [-0.25, -0.2) is 0 Å². The summed E-state index contributed by atoms with van der Waals surface area (Å²) in [6.45, 7) is 6.29. The lowest BCUT2D eigenvalue weighted by molar-refractivity contribution is 0.160. The van der Waals surface area contributed by atoms with E-state index in [2.05, 4.69) is 14.6 Å². The molecule has 1 spiro atoms. The summed E-state index contributed by atoms with van der Waals surface area (Å²) in [5.74, 6) is 0. The Balaban J connectivity index is 0.000000281. The minimum absolute atomic E-state index is 0.556. The fourth-order valence-electron chi connectivity index (χ4n) is 1.78. The molecule has 2 aliphatic heterocycles. The van der Waals surface area contributed by atoms with Gasteiger partial charge in [0.15, 0.2) is 0 Å². The van der Waals surface area contributed by atoms with Crippen molar-refractivity contribution in [3.63, 3.8) is 0 Å². The summed E-state index contributed by atoms with van der Waals surface area (Å²) in [6, 6.07) is 0. The van der Waals surface area contributed by atoms with E-state index in [9.17, 15) is 0 Å². The summed E-state index contributed by atoms with van der Waals surface area (Å²) in [5, 5.41) is 3.38. The number of nitrogens with one attached hydrogen (secondary N) is 1. The Hall–Kier alpha value is 0.350. The van der Waals surface area contributed by atoms with E-state index in [-0.39, 0.29) is 0 Å². The number of rotatable bonds is 0. The maximum Gasteiger partial charge on any atom is 0.0535 e. The van der Waals surface area contributed by atoms with Crippen LogP contribution in [0.15, 0.2) is 0 Å². The second kappa shape index (κ2) is 4.39. The standard InChI is InChI=1S/C7H13NO.CH5P/c1-3-8-5-7(1)2-4-9-6-7;1-2/h8H,1-6H2;2H2,1H3. The first-order valence-corrected chi connectivity index (χ1v) is 5.43. The van der Waals surface area contributed by atoms with E-state index >= 15 is 0 Å². The molecule has 0 amide bonds. The van der Waals surface area contributed by atoms with Crippen molar-refractivity contribution in [3.8, 4) is 0 Å². The predicted octanol–water partition coefficient (Wildman–Crippen LogP) is 0.878. The fourth-order valence-corrected chi connectivity index (χ4v) is 1.78. The first kappa shape index (κ1) is 9.44. The van der Waals surface area contributed by atoms with Crippen molar-refractivity contribution in [1.82, 2.24) is 5.32 Å². The van der Waals surface area contributed by atoms with Crippen LogP contribution in [0.1, 0.15) is 12.8 Å². The van der Waals surface area contributed by atoms with E-state index < -0.39 is 0 Å². The van der Waals surface area contributed by atoms with Crippen LogP contribution in [0.25, 0.3) is 0 Å². The van der Waals surface area contributed by atoms with Gasteiger partial charge in [-0.15, -0.1) is 9.24 Å². The molecule has 2 aliphatic rings. The third kappa shape index (κ3) is 2.14. The van der Waals surface area contributed by atoms with Crippen molar-refractivity contribution in [2.24, 2.45) is 5.41 Å². The molecule has 0 aromatic heterocycles. The Bertz CT molecular complexity index is 89.1. The Labute approximate surface area is 71.3 Å². The lowest BCUT2D eigenvalue weighted by atomic mass is 9.87. The Morgan fingerprint density at radius 1 is 1.36 bits per heavy atom. The van der Waals surface area contributed by atoms with Crippen LogP contribution >= 0.6 is 9.24 Å². The first-order valence-electron chi connectivity index (χ1n) is 4.28. The van der Waals surface area contributed by atoms with E-state index in [1.807, 2.05) is 6.66 Å². The number of ether oxygens (including phenoxy) is 1. The fraction of sp³-hybridized carbons (Fsp3) is 1.00. The normalized spacial score (nSPS) is 35.5. The van der Waals surface area contributed by atoms with Gasteiger partial charge in [-0.1, -0.05) is 6.66 Å². The Morgan fingerprint density at radius 3 is 2.64 bits per heavy atom. The molecule has 0 bridgehead atoms. The van der Waals surface area contributed by atoms with Gasteiger partial charge < -0.3 is 10.1 Å². The molecule has 2 rings (SSSR count). The second-order valence-electron chi connectivity index (χ2n) is 3.23. The van der Waals surface area contributed by atoms with Gasteiger partial charge in [-0.2, -0.15) is 0 Å². The Kier molecular flexibility index (Phi) is 3.77. The summed E-state index contributed by atoms with van der Waals surface area (Å²) in [7, 11) is 2.42. The monoisotopic (exact) mass is 175 g/mol. The van der Waals surface area contributed by atoms with E-state index in [4.69, 9.17) is 4.74 Å². The Morgan fingerprint density at radius 2 is 2.18 bits per heavy atom. The van der Waals surface area contributed by atoms with E-state index in [0.29, 0.717) is 5.41 Å². The van der Waals surface area contributed by atoms with Crippen LogP contribution in [0, 0.1) is 5.41 Å². The minimum atomic E-state index is 0.556. The molecule has 11 heavy (non-hydrogen) atoms. The summed E-state index contributed by atoms with van der Waals surface area (Å²) in [5.41, 5.74) is 0.556. The SMILES string of the molecule is C1CC2(CCOC2)CN1.CP. The largest absolute Gasteiger partial charge is 0.381 e. The third-order valence-electron chi connectivity index (χ3n) is 2.52. The molecule has 3 heteroatoms. The lowest BCUT2D eigenvalue weighted by Crippen LogP contribution is -2.23. The summed E-state index contributed by atoms with van der Waals surface area (Å²) >= 11 is 0. The van der Waals surface area contributed by atoms with E-state index in [0.717, 1.165) is 13.2 Å². The molecule has 0 saturated carbocycles. The zero-order chi connectivity index (χ0) is 8.16. The number of hydrogen-bond acceptors (Lipinski definition) is 2. The molecule has 2 atom stereocenters.